The molecule has 1 unspecified atom stereocenters. The molecule has 0 amide bonds. The largest absolute Gasteiger partial charge is 0.490 e. The molecule has 6 heteroatoms. The van der Waals surface area contributed by atoms with Crippen LogP contribution in [0.2, 0.25) is 0 Å². The minimum atomic E-state index is -0.649. The molecule has 1 aliphatic heterocycles. The predicted molar refractivity (Wildman–Crippen MR) is 108 cm³/mol. The molecule has 27 heavy (non-hydrogen) atoms. The quantitative estimate of drug-likeness (QED) is 0.557. The topological polar surface area (TPSA) is 75.1 Å². The molecule has 1 heterocycles. The lowest BCUT2D eigenvalue weighted by Crippen LogP contribution is -2.31. The van der Waals surface area contributed by atoms with Crippen LogP contribution >= 0.6 is 0 Å². The van der Waals surface area contributed by atoms with Crippen LogP contribution in [0.5, 0.6) is 11.5 Å². The fourth-order valence-corrected chi connectivity index (χ4v) is 2.85. The number of aliphatic hydroxyl groups is 1. The van der Waals surface area contributed by atoms with Gasteiger partial charge in [0.15, 0.2) is 17.5 Å². The predicted octanol–water partition coefficient (Wildman–Crippen LogP) is 3.27. The summed E-state index contributed by atoms with van der Waals surface area (Å²) in [5.41, 5.74) is 2.84. The summed E-state index contributed by atoms with van der Waals surface area (Å²) in [5, 5.41) is 16.9. The Morgan fingerprint density at radius 1 is 1.15 bits per heavy atom. The van der Waals surface area contributed by atoms with E-state index in [9.17, 15) is 5.11 Å². The van der Waals surface area contributed by atoms with Gasteiger partial charge in [0.25, 0.3) is 0 Å². The number of benzene rings is 2. The van der Waals surface area contributed by atoms with E-state index < -0.39 is 6.10 Å². The van der Waals surface area contributed by atoms with Crippen molar-refractivity contribution < 1.29 is 14.6 Å². The maximum absolute atomic E-state index is 10.4. The molecule has 0 saturated carbocycles. The van der Waals surface area contributed by atoms with E-state index in [1.54, 1.807) is 0 Å². The molecule has 3 rings (SSSR count). The van der Waals surface area contributed by atoms with E-state index in [1.807, 2.05) is 56.3 Å². The fourth-order valence-electron chi connectivity index (χ4n) is 2.85. The number of guanidine groups is 1. The summed E-state index contributed by atoms with van der Waals surface area (Å²) in [6.07, 6.45) is 0.224. The van der Waals surface area contributed by atoms with Gasteiger partial charge in [0.1, 0.15) is 0 Å². The molecule has 2 aromatic rings. The first-order valence-corrected chi connectivity index (χ1v) is 9.35. The van der Waals surface area contributed by atoms with E-state index in [2.05, 4.69) is 15.6 Å². The minimum Gasteiger partial charge on any atom is -0.490 e. The van der Waals surface area contributed by atoms with Crippen LogP contribution in [0.1, 0.15) is 30.6 Å². The third-order valence-electron chi connectivity index (χ3n) is 4.20. The van der Waals surface area contributed by atoms with Gasteiger partial charge in [-0.05, 0) is 31.5 Å². The summed E-state index contributed by atoms with van der Waals surface area (Å²) in [5.74, 6) is 2.10. The van der Waals surface area contributed by atoms with E-state index in [4.69, 9.17) is 9.47 Å². The zero-order chi connectivity index (χ0) is 19.1. The molecule has 0 radical (unpaired) electrons. The minimum absolute atomic E-state index is 0.267. The Labute approximate surface area is 160 Å². The highest BCUT2D eigenvalue weighted by atomic mass is 16.5. The molecule has 1 aliphatic rings. The Bertz CT molecular complexity index is 792. The number of ether oxygens (including phenoxy) is 2. The lowest BCUT2D eigenvalue weighted by Gasteiger charge is -2.15. The van der Waals surface area contributed by atoms with Gasteiger partial charge in [0.2, 0.25) is 0 Å². The van der Waals surface area contributed by atoms with Crippen LogP contribution < -0.4 is 20.1 Å². The molecule has 0 spiro atoms. The monoisotopic (exact) mass is 369 g/mol. The average molecular weight is 369 g/mol. The van der Waals surface area contributed by atoms with Crippen LogP contribution in [0, 0.1) is 6.92 Å². The summed E-state index contributed by atoms with van der Waals surface area (Å²) in [6, 6.07) is 13.6. The second-order valence-electron chi connectivity index (χ2n) is 6.49. The molecule has 144 valence electrons. The second kappa shape index (κ2) is 9.28. The second-order valence-corrected chi connectivity index (χ2v) is 6.49. The zero-order valence-electron chi connectivity index (χ0n) is 15.9. The first-order valence-electron chi connectivity index (χ1n) is 9.35. The number of fused-ring (bicyclic) bond motifs is 1. The van der Waals surface area contributed by atoms with E-state index in [-0.39, 0.29) is 6.54 Å². The van der Waals surface area contributed by atoms with Gasteiger partial charge in [-0.25, -0.2) is 4.99 Å². The SMILES string of the molecule is CCNC(=NCC(O)c1cccc(C)c1)Nc1ccc2c(c1)OCCCO2. The van der Waals surface area contributed by atoms with Crippen molar-refractivity contribution in [2.45, 2.75) is 26.4 Å². The number of nitrogens with one attached hydrogen (secondary N) is 2. The van der Waals surface area contributed by atoms with Crippen molar-refractivity contribution in [1.82, 2.24) is 5.32 Å². The molecular weight excluding hydrogens is 342 g/mol. The van der Waals surface area contributed by atoms with Crippen molar-refractivity contribution in [2.24, 2.45) is 4.99 Å². The molecule has 1 atom stereocenters. The first-order chi connectivity index (χ1) is 13.2. The van der Waals surface area contributed by atoms with Gasteiger partial charge in [-0.15, -0.1) is 0 Å². The van der Waals surface area contributed by atoms with Gasteiger partial charge >= 0.3 is 0 Å². The maximum atomic E-state index is 10.4. The smallest absolute Gasteiger partial charge is 0.195 e. The summed E-state index contributed by atoms with van der Waals surface area (Å²) in [6.45, 7) is 6.31. The van der Waals surface area contributed by atoms with Crippen LogP contribution in [-0.2, 0) is 0 Å². The Kier molecular flexibility index (Phi) is 6.54. The number of anilines is 1. The van der Waals surface area contributed by atoms with Crippen molar-refractivity contribution >= 4 is 11.6 Å². The molecule has 0 fully saturated rings. The third-order valence-corrected chi connectivity index (χ3v) is 4.20. The van der Waals surface area contributed by atoms with Crippen molar-refractivity contribution in [2.75, 3.05) is 31.6 Å². The van der Waals surface area contributed by atoms with Crippen LogP contribution in [-0.4, -0.2) is 37.4 Å². The highest BCUT2D eigenvalue weighted by Gasteiger charge is 2.12. The summed E-state index contributed by atoms with van der Waals surface area (Å²) < 4.78 is 11.4. The molecule has 0 aliphatic carbocycles. The zero-order valence-corrected chi connectivity index (χ0v) is 15.9. The lowest BCUT2D eigenvalue weighted by molar-refractivity contribution is 0.187. The van der Waals surface area contributed by atoms with Gasteiger partial charge < -0.3 is 25.2 Å². The summed E-state index contributed by atoms with van der Waals surface area (Å²) >= 11 is 0. The van der Waals surface area contributed by atoms with Crippen molar-refractivity contribution in [3.8, 4) is 11.5 Å². The first kappa shape index (κ1) is 19.0. The van der Waals surface area contributed by atoms with Crippen molar-refractivity contribution in [3.05, 3.63) is 53.6 Å². The van der Waals surface area contributed by atoms with Crippen LogP contribution in [0.4, 0.5) is 5.69 Å². The Morgan fingerprint density at radius 2 is 1.96 bits per heavy atom. The average Bonchev–Trinajstić information content (AvgIpc) is 2.91. The highest BCUT2D eigenvalue weighted by molar-refractivity contribution is 5.93. The molecule has 0 bridgehead atoms. The standard InChI is InChI=1S/C21H27N3O3/c1-3-22-21(23-14-18(25)16-7-4-6-15(2)12-16)24-17-8-9-19-20(13-17)27-11-5-10-26-19/h4,6-9,12-13,18,25H,3,5,10-11,14H2,1-2H3,(H2,22,23,24). The summed E-state index contributed by atoms with van der Waals surface area (Å²) in [4.78, 5) is 4.52. The lowest BCUT2D eigenvalue weighted by atomic mass is 10.1. The van der Waals surface area contributed by atoms with Gasteiger partial charge in [-0.3, -0.25) is 0 Å². The molecule has 2 aromatic carbocycles. The van der Waals surface area contributed by atoms with Crippen LogP contribution in [0.15, 0.2) is 47.5 Å². The van der Waals surface area contributed by atoms with Crippen molar-refractivity contribution in [1.29, 1.82) is 0 Å². The highest BCUT2D eigenvalue weighted by Crippen LogP contribution is 2.32. The molecular formula is C21H27N3O3. The van der Waals surface area contributed by atoms with Gasteiger partial charge in [0.05, 0.1) is 25.9 Å². The molecule has 0 saturated heterocycles. The number of nitrogens with zero attached hydrogens (tertiary/aromatic N) is 1. The number of aliphatic imine (C=N–C) groups is 1. The Morgan fingerprint density at radius 3 is 2.74 bits per heavy atom. The van der Waals surface area contributed by atoms with E-state index in [0.29, 0.717) is 19.2 Å². The third kappa shape index (κ3) is 5.37. The number of aliphatic hydroxyl groups excluding tert-OH is 1. The maximum Gasteiger partial charge on any atom is 0.195 e. The van der Waals surface area contributed by atoms with E-state index >= 15 is 0 Å². The van der Waals surface area contributed by atoms with Crippen LogP contribution in [0.25, 0.3) is 0 Å². The number of hydrogen-bond acceptors (Lipinski definition) is 4. The Hall–Kier alpha value is -2.73. The van der Waals surface area contributed by atoms with Gasteiger partial charge in [-0.1, -0.05) is 29.8 Å². The van der Waals surface area contributed by atoms with Crippen molar-refractivity contribution in [3.63, 3.8) is 0 Å². The van der Waals surface area contributed by atoms with E-state index in [1.165, 1.54) is 0 Å². The van der Waals surface area contributed by atoms with E-state index in [0.717, 1.165) is 41.3 Å². The number of aryl methyl sites for hydroxylation is 1. The van der Waals surface area contributed by atoms with Crippen LogP contribution in [0.3, 0.4) is 0 Å². The number of rotatable bonds is 5. The molecule has 3 N–H and O–H groups in total. The fraction of sp³-hybridized carbons (Fsp3) is 0.381. The molecule has 6 nitrogen and oxygen atoms in total. The summed E-state index contributed by atoms with van der Waals surface area (Å²) in [7, 11) is 0. The normalized spacial score (nSPS) is 15.0. The molecule has 0 aromatic heterocycles. The van der Waals surface area contributed by atoms with Gasteiger partial charge in [0, 0.05) is 24.7 Å². The van der Waals surface area contributed by atoms with Gasteiger partial charge in [-0.2, -0.15) is 0 Å². The number of hydrogen-bond donors (Lipinski definition) is 3. The Balaban J connectivity index is 1.69.